The summed E-state index contributed by atoms with van der Waals surface area (Å²) in [4.78, 5) is 11.9. The van der Waals surface area contributed by atoms with Gasteiger partial charge in [-0.05, 0) is 31.0 Å². The molecule has 0 saturated heterocycles. The third-order valence-corrected chi connectivity index (χ3v) is 4.37. The molecule has 118 valence electrons. The minimum atomic E-state index is -3.80. The van der Waals surface area contributed by atoms with Crippen LogP contribution in [0.25, 0.3) is 0 Å². The van der Waals surface area contributed by atoms with Gasteiger partial charge in [0.1, 0.15) is 0 Å². The van der Waals surface area contributed by atoms with Crippen LogP contribution >= 0.6 is 0 Å². The summed E-state index contributed by atoms with van der Waals surface area (Å²) < 4.78 is 26.3. The van der Waals surface area contributed by atoms with E-state index in [2.05, 4.69) is 10.2 Å². The Morgan fingerprint density at radius 2 is 2.05 bits per heavy atom. The second-order valence-corrected chi connectivity index (χ2v) is 6.83. The number of nitrogens with zero attached hydrogens (tertiary/aromatic N) is 1. The van der Waals surface area contributed by atoms with Crippen LogP contribution in [0, 0.1) is 13.8 Å². The molecule has 0 unspecified atom stereocenters. The number of aryl methyl sites for hydroxylation is 2. The molecule has 0 bridgehead atoms. The lowest BCUT2D eigenvalue weighted by Crippen LogP contribution is -2.32. The molecule has 0 fully saturated rings. The minimum Gasteiger partial charge on any atom is -0.325 e. The first kappa shape index (κ1) is 16.2. The zero-order valence-corrected chi connectivity index (χ0v) is 13.2. The van der Waals surface area contributed by atoms with Gasteiger partial charge in [-0.2, -0.15) is 5.10 Å². The molecule has 4 N–H and O–H groups in total. The normalized spacial score (nSPS) is 11.4. The number of amides is 1. The predicted octanol–water partition coefficient (Wildman–Crippen LogP) is 0.745. The summed E-state index contributed by atoms with van der Waals surface area (Å²) in [6.07, 6.45) is 0. The molecule has 1 heterocycles. The van der Waals surface area contributed by atoms with Crippen molar-refractivity contribution in [1.82, 2.24) is 14.9 Å². The smallest absolute Gasteiger partial charge is 0.285 e. The largest absolute Gasteiger partial charge is 0.325 e. The molecule has 8 heteroatoms. The Bertz CT molecular complexity index is 796. The Morgan fingerprint density at radius 3 is 2.68 bits per heavy atom. The summed E-state index contributed by atoms with van der Waals surface area (Å²) in [6, 6.07) is 6.97. The fourth-order valence-electron chi connectivity index (χ4n) is 1.97. The topological polar surface area (TPSA) is 118 Å². The van der Waals surface area contributed by atoms with Crippen molar-refractivity contribution in [3.63, 3.8) is 0 Å². The first-order valence-electron chi connectivity index (χ1n) is 6.66. The van der Waals surface area contributed by atoms with E-state index in [1.54, 1.807) is 6.07 Å². The fourth-order valence-corrected chi connectivity index (χ4v) is 3.15. The molecule has 0 aliphatic heterocycles. The SMILES string of the molecule is Cc1ccc(C)c(CS(=O)(=O)NC(=O)c2cc(CN)[nH]n2)c1. The fraction of sp³-hybridized carbons (Fsp3) is 0.286. The van der Waals surface area contributed by atoms with Gasteiger partial charge in [0.15, 0.2) is 5.69 Å². The van der Waals surface area contributed by atoms with Crippen LogP contribution in [0.4, 0.5) is 0 Å². The molecule has 0 atom stereocenters. The molecule has 0 aliphatic rings. The number of carbonyl (C=O) groups is 1. The quantitative estimate of drug-likeness (QED) is 0.750. The highest BCUT2D eigenvalue weighted by molar-refractivity contribution is 7.89. The van der Waals surface area contributed by atoms with Crippen molar-refractivity contribution in [3.05, 3.63) is 52.3 Å². The zero-order chi connectivity index (χ0) is 16.3. The van der Waals surface area contributed by atoms with Gasteiger partial charge in [0.05, 0.1) is 5.75 Å². The van der Waals surface area contributed by atoms with Crippen molar-refractivity contribution in [2.24, 2.45) is 5.73 Å². The summed E-state index contributed by atoms with van der Waals surface area (Å²) >= 11 is 0. The molecular formula is C14H18N4O3S. The molecule has 22 heavy (non-hydrogen) atoms. The molecule has 0 saturated carbocycles. The van der Waals surface area contributed by atoms with E-state index in [9.17, 15) is 13.2 Å². The van der Waals surface area contributed by atoms with Gasteiger partial charge in [0.2, 0.25) is 10.0 Å². The lowest BCUT2D eigenvalue weighted by Gasteiger charge is -2.09. The van der Waals surface area contributed by atoms with Crippen LogP contribution in [0.2, 0.25) is 0 Å². The van der Waals surface area contributed by atoms with E-state index in [-0.39, 0.29) is 18.0 Å². The Labute approximate surface area is 129 Å². The second kappa shape index (κ2) is 6.29. The number of aromatic nitrogens is 2. The summed E-state index contributed by atoms with van der Waals surface area (Å²) in [7, 11) is -3.80. The molecule has 2 rings (SSSR count). The van der Waals surface area contributed by atoms with Crippen molar-refractivity contribution in [2.45, 2.75) is 26.1 Å². The average Bonchev–Trinajstić information content (AvgIpc) is 2.91. The van der Waals surface area contributed by atoms with Crippen LogP contribution in [-0.2, 0) is 22.3 Å². The van der Waals surface area contributed by atoms with E-state index < -0.39 is 15.9 Å². The maximum Gasteiger partial charge on any atom is 0.285 e. The van der Waals surface area contributed by atoms with Crippen molar-refractivity contribution in [3.8, 4) is 0 Å². The van der Waals surface area contributed by atoms with E-state index >= 15 is 0 Å². The van der Waals surface area contributed by atoms with E-state index in [0.29, 0.717) is 11.3 Å². The molecule has 7 nitrogen and oxygen atoms in total. The van der Waals surface area contributed by atoms with Crippen LogP contribution < -0.4 is 10.5 Å². The molecule has 0 spiro atoms. The van der Waals surface area contributed by atoms with Gasteiger partial charge in [-0.15, -0.1) is 0 Å². The number of benzene rings is 1. The highest BCUT2D eigenvalue weighted by atomic mass is 32.2. The monoisotopic (exact) mass is 322 g/mol. The van der Waals surface area contributed by atoms with Gasteiger partial charge in [-0.3, -0.25) is 9.89 Å². The third kappa shape index (κ3) is 3.92. The number of rotatable bonds is 5. The van der Waals surface area contributed by atoms with Crippen LogP contribution in [-0.4, -0.2) is 24.5 Å². The lowest BCUT2D eigenvalue weighted by atomic mass is 10.1. The Hall–Kier alpha value is -2.19. The van der Waals surface area contributed by atoms with Gasteiger partial charge < -0.3 is 5.73 Å². The summed E-state index contributed by atoms with van der Waals surface area (Å²) in [5.41, 5.74) is 8.42. The van der Waals surface area contributed by atoms with E-state index in [1.165, 1.54) is 6.07 Å². The van der Waals surface area contributed by atoms with Crippen LogP contribution in [0.15, 0.2) is 24.3 Å². The molecule has 1 amide bonds. The third-order valence-electron chi connectivity index (χ3n) is 3.18. The highest BCUT2D eigenvalue weighted by Gasteiger charge is 2.19. The van der Waals surface area contributed by atoms with E-state index in [1.807, 2.05) is 30.7 Å². The number of hydrogen-bond acceptors (Lipinski definition) is 5. The Kier molecular flexibility index (Phi) is 4.62. The molecular weight excluding hydrogens is 304 g/mol. The highest BCUT2D eigenvalue weighted by Crippen LogP contribution is 2.13. The maximum atomic E-state index is 12.1. The number of carbonyl (C=O) groups excluding carboxylic acids is 1. The molecule has 0 radical (unpaired) electrons. The van der Waals surface area contributed by atoms with Crippen molar-refractivity contribution in [2.75, 3.05) is 0 Å². The van der Waals surface area contributed by atoms with Gasteiger partial charge in [0, 0.05) is 12.2 Å². The number of nitrogens with two attached hydrogens (primary N) is 1. The number of hydrogen-bond donors (Lipinski definition) is 3. The van der Waals surface area contributed by atoms with Crippen molar-refractivity contribution < 1.29 is 13.2 Å². The number of H-pyrrole nitrogens is 1. The first-order chi connectivity index (χ1) is 10.3. The lowest BCUT2D eigenvalue weighted by molar-refractivity contribution is 0.0976. The molecule has 0 aliphatic carbocycles. The average molecular weight is 322 g/mol. The summed E-state index contributed by atoms with van der Waals surface area (Å²) in [5.74, 6) is -1.04. The van der Waals surface area contributed by atoms with Crippen molar-refractivity contribution in [1.29, 1.82) is 0 Å². The van der Waals surface area contributed by atoms with Gasteiger partial charge in [-0.25, -0.2) is 13.1 Å². The Morgan fingerprint density at radius 1 is 1.32 bits per heavy atom. The summed E-state index contributed by atoms with van der Waals surface area (Å²) in [5, 5.41) is 6.29. The second-order valence-electron chi connectivity index (χ2n) is 5.10. The zero-order valence-electron chi connectivity index (χ0n) is 12.4. The maximum absolute atomic E-state index is 12.1. The number of nitrogens with one attached hydrogen (secondary N) is 2. The summed E-state index contributed by atoms with van der Waals surface area (Å²) in [6.45, 7) is 3.90. The molecule has 1 aromatic carbocycles. The number of aromatic amines is 1. The van der Waals surface area contributed by atoms with Gasteiger partial charge >= 0.3 is 0 Å². The van der Waals surface area contributed by atoms with Crippen LogP contribution in [0.1, 0.15) is 32.9 Å². The van der Waals surface area contributed by atoms with Gasteiger partial charge in [-0.1, -0.05) is 23.8 Å². The van der Waals surface area contributed by atoms with Gasteiger partial charge in [0.25, 0.3) is 5.91 Å². The predicted molar refractivity (Wildman–Crippen MR) is 82.5 cm³/mol. The Balaban J connectivity index is 2.13. The standard InChI is InChI=1S/C14H18N4O3S/c1-9-3-4-10(2)11(5-9)8-22(20,21)18-14(19)13-6-12(7-15)16-17-13/h3-6H,7-8,15H2,1-2H3,(H,16,17)(H,18,19). The number of sulfonamides is 1. The first-order valence-corrected chi connectivity index (χ1v) is 8.31. The molecule has 1 aromatic heterocycles. The van der Waals surface area contributed by atoms with Crippen molar-refractivity contribution >= 4 is 15.9 Å². The van der Waals surface area contributed by atoms with Crippen LogP contribution in [0.5, 0.6) is 0 Å². The van der Waals surface area contributed by atoms with E-state index in [0.717, 1.165) is 11.1 Å². The molecule has 2 aromatic rings. The van der Waals surface area contributed by atoms with Crippen LogP contribution in [0.3, 0.4) is 0 Å². The van der Waals surface area contributed by atoms with E-state index in [4.69, 9.17) is 5.73 Å². The minimum absolute atomic E-state index is 0.00927.